The third-order valence-corrected chi connectivity index (χ3v) is 8.80. The quantitative estimate of drug-likeness (QED) is 0.147. The molecule has 0 bridgehead atoms. The molecule has 0 spiro atoms. The van der Waals surface area contributed by atoms with E-state index >= 15 is 0 Å². The highest BCUT2D eigenvalue weighted by Crippen LogP contribution is 2.42. The van der Waals surface area contributed by atoms with Crippen molar-refractivity contribution in [2.45, 2.75) is 50.3 Å². The molecule has 3 rings (SSSR count). The molecule has 0 amide bonds. The Morgan fingerprint density at radius 2 is 1.17 bits per heavy atom. The van der Waals surface area contributed by atoms with Crippen molar-refractivity contribution in [1.82, 2.24) is 9.44 Å². The van der Waals surface area contributed by atoms with E-state index in [9.17, 15) is 26.9 Å². The number of nitrogens with one attached hydrogen (secondary N) is 3. The molecule has 0 saturated carbocycles. The second-order valence-corrected chi connectivity index (χ2v) is 13.0. The minimum absolute atomic E-state index is 0.0778. The lowest BCUT2D eigenvalue weighted by molar-refractivity contribution is 0.390. The zero-order chi connectivity index (χ0) is 26.7. The molecule has 0 aromatic heterocycles. The highest BCUT2D eigenvalue weighted by Gasteiger charge is 2.22. The summed E-state index contributed by atoms with van der Waals surface area (Å²) in [6.45, 7) is 8.43. The van der Waals surface area contributed by atoms with Crippen molar-refractivity contribution >= 4 is 53.0 Å². The number of nitroso groups, excluding NO2 is 1. The van der Waals surface area contributed by atoms with Crippen molar-refractivity contribution in [3.8, 4) is 0 Å². The van der Waals surface area contributed by atoms with Crippen LogP contribution in [-0.2, 0) is 20.0 Å². The molecule has 0 atom stereocenters. The maximum Gasteiger partial charge on any atom is 0.240 e. The summed E-state index contributed by atoms with van der Waals surface area (Å²) >= 11 is 0. The summed E-state index contributed by atoms with van der Waals surface area (Å²) in [6.07, 6.45) is 1.30. The summed E-state index contributed by atoms with van der Waals surface area (Å²) in [5.74, 6) is 0.620. The highest BCUT2D eigenvalue weighted by molar-refractivity contribution is 7.89. The van der Waals surface area contributed by atoms with Gasteiger partial charge in [-0.3, -0.25) is 10.7 Å². The Balaban J connectivity index is 2.18. The van der Waals surface area contributed by atoms with Gasteiger partial charge < -0.3 is 0 Å². The average molecular weight is 537 g/mol. The number of nitrogens with zero attached hydrogens (tertiary/aromatic N) is 1. The summed E-state index contributed by atoms with van der Waals surface area (Å²) in [6, 6.07) is 8.28. The molecule has 3 aromatic carbocycles. The Labute approximate surface area is 211 Å². The minimum atomic E-state index is -3.88. The summed E-state index contributed by atoms with van der Waals surface area (Å²) in [7, 11) is -7.75. The maximum atomic E-state index is 12.8. The van der Waals surface area contributed by atoms with Crippen LogP contribution in [0, 0.1) is 16.7 Å². The van der Waals surface area contributed by atoms with Gasteiger partial charge in [0.05, 0.1) is 15.5 Å². The SMILES string of the molecule is CC(C)CCNS(=O)(=O)c1ccc2c(NO)c3ccc(S(=O)(=O)NCCC(C)C)cc3c(N=O)c2c1. The van der Waals surface area contributed by atoms with E-state index in [0.717, 1.165) is 0 Å². The molecule has 4 N–H and O–H groups in total. The zero-order valence-corrected chi connectivity index (χ0v) is 22.3. The molecule has 0 heterocycles. The molecule has 10 nitrogen and oxygen atoms in total. The van der Waals surface area contributed by atoms with Gasteiger partial charge in [-0.25, -0.2) is 26.3 Å². The van der Waals surface area contributed by atoms with Crippen molar-refractivity contribution < 1.29 is 22.0 Å². The standard InChI is InChI=1S/C24H32N4O6S2/c1-15(2)9-11-25-35(31,32)17-5-7-19-21(13-17)24(28-30)22-14-18(6-8-20(22)23(19)27-29)36(33,34)26-12-10-16(3)4/h5-8,13-16,25-27,29H,9-12H2,1-4H3. The molecule has 36 heavy (non-hydrogen) atoms. The molecule has 0 aliphatic rings. The number of fused-ring (bicyclic) bond motifs is 2. The fourth-order valence-corrected chi connectivity index (χ4v) is 6.00. The van der Waals surface area contributed by atoms with Crippen molar-refractivity contribution in [3.63, 3.8) is 0 Å². The van der Waals surface area contributed by atoms with Crippen LogP contribution >= 0.6 is 0 Å². The molecule has 0 radical (unpaired) electrons. The average Bonchev–Trinajstić information content (AvgIpc) is 2.80. The Kier molecular flexibility index (Phi) is 8.67. The molecular weight excluding hydrogens is 504 g/mol. The van der Waals surface area contributed by atoms with Gasteiger partial charge in [-0.2, -0.15) is 0 Å². The third kappa shape index (κ3) is 6.01. The fourth-order valence-electron chi connectivity index (χ4n) is 3.85. The Morgan fingerprint density at radius 1 is 0.750 bits per heavy atom. The number of benzene rings is 3. The topological polar surface area (TPSA) is 154 Å². The van der Waals surface area contributed by atoms with E-state index in [0.29, 0.717) is 35.4 Å². The predicted octanol–water partition coefficient (Wildman–Crippen LogP) is 4.84. The van der Waals surface area contributed by atoms with E-state index in [4.69, 9.17) is 0 Å². The molecule has 12 heteroatoms. The van der Waals surface area contributed by atoms with Gasteiger partial charge in [-0.1, -0.05) is 39.8 Å². The summed E-state index contributed by atoms with van der Waals surface area (Å²) in [5, 5.41) is 14.0. The molecule has 0 aliphatic heterocycles. The second-order valence-electron chi connectivity index (χ2n) is 9.50. The van der Waals surface area contributed by atoms with Crippen LogP contribution in [0.1, 0.15) is 40.5 Å². The smallest absolute Gasteiger partial charge is 0.240 e. The molecule has 196 valence electrons. The minimum Gasteiger partial charge on any atom is -0.291 e. The number of hydrogen-bond donors (Lipinski definition) is 4. The summed E-state index contributed by atoms with van der Waals surface area (Å²) in [4.78, 5) is 11.8. The van der Waals surface area contributed by atoms with E-state index in [1.54, 1.807) is 0 Å². The normalized spacial score (nSPS) is 12.6. The Hall–Kier alpha value is -2.64. The second kappa shape index (κ2) is 11.2. The van der Waals surface area contributed by atoms with Crippen molar-refractivity contribution in [3.05, 3.63) is 41.3 Å². The van der Waals surface area contributed by atoms with Crippen LogP contribution < -0.4 is 14.9 Å². The van der Waals surface area contributed by atoms with E-state index < -0.39 is 20.0 Å². The molecule has 0 aliphatic carbocycles. The first-order valence-electron chi connectivity index (χ1n) is 11.7. The van der Waals surface area contributed by atoms with E-state index in [2.05, 4.69) is 20.1 Å². The van der Waals surface area contributed by atoms with Crippen molar-refractivity contribution in [1.29, 1.82) is 0 Å². The van der Waals surface area contributed by atoms with Crippen LogP contribution in [0.5, 0.6) is 0 Å². The Bertz CT molecular complexity index is 1380. The van der Waals surface area contributed by atoms with Crippen LogP contribution in [0.25, 0.3) is 21.5 Å². The lowest BCUT2D eigenvalue weighted by atomic mass is 9.99. The molecular formula is C24H32N4O6S2. The summed E-state index contributed by atoms with van der Waals surface area (Å²) in [5.41, 5.74) is 2.17. The van der Waals surface area contributed by atoms with Gasteiger partial charge in [0.2, 0.25) is 20.0 Å². The van der Waals surface area contributed by atoms with Crippen molar-refractivity contribution in [2.75, 3.05) is 18.6 Å². The van der Waals surface area contributed by atoms with Crippen LogP contribution in [0.4, 0.5) is 11.4 Å². The predicted molar refractivity (Wildman–Crippen MR) is 142 cm³/mol. The van der Waals surface area contributed by atoms with Crippen LogP contribution in [0.3, 0.4) is 0 Å². The molecule has 0 fully saturated rings. The van der Waals surface area contributed by atoms with E-state index in [1.807, 2.05) is 27.7 Å². The van der Waals surface area contributed by atoms with Gasteiger partial charge in [-0.15, -0.1) is 4.91 Å². The third-order valence-electron chi connectivity index (χ3n) is 5.88. The lowest BCUT2D eigenvalue weighted by Crippen LogP contribution is -2.25. The fraction of sp³-hybridized carbons (Fsp3) is 0.417. The monoisotopic (exact) mass is 536 g/mol. The number of sulfonamides is 2. The van der Waals surface area contributed by atoms with Crippen LogP contribution in [-0.4, -0.2) is 35.1 Å². The number of rotatable bonds is 12. The van der Waals surface area contributed by atoms with Gasteiger partial charge in [0.25, 0.3) is 0 Å². The molecule has 0 saturated heterocycles. The molecule has 3 aromatic rings. The number of anilines is 1. The van der Waals surface area contributed by atoms with Gasteiger partial charge in [0, 0.05) is 34.6 Å². The van der Waals surface area contributed by atoms with Gasteiger partial charge in [-0.05, 0) is 54.1 Å². The van der Waals surface area contributed by atoms with Gasteiger partial charge >= 0.3 is 0 Å². The maximum absolute atomic E-state index is 12.8. The number of hydrogen-bond acceptors (Lipinski definition) is 8. The van der Waals surface area contributed by atoms with E-state index in [-0.39, 0.29) is 45.0 Å². The first-order chi connectivity index (χ1) is 16.9. The largest absolute Gasteiger partial charge is 0.291 e. The van der Waals surface area contributed by atoms with Crippen LogP contribution in [0.15, 0.2) is 51.4 Å². The first kappa shape index (κ1) is 27.9. The van der Waals surface area contributed by atoms with Crippen molar-refractivity contribution in [2.24, 2.45) is 17.0 Å². The van der Waals surface area contributed by atoms with Gasteiger partial charge in [0.15, 0.2) is 0 Å². The molecule has 0 unspecified atom stereocenters. The van der Waals surface area contributed by atoms with Gasteiger partial charge in [0.1, 0.15) is 5.69 Å². The van der Waals surface area contributed by atoms with E-state index in [1.165, 1.54) is 36.4 Å². The lowest BCUT2D eigenvalue weighted by Gasteiger charge is -2.15. The summed E-state index contributed by atoms with van der Waals surface area (Å²) < 4.78 is 56.4. The first-order valence-corrected chi connectivity index (χ1v) is 14.6. The highest BCUT2D eigenvalue weighted by atomic mass is 32.2. The zero-order valence-electron chi connectivity index (χ0n) is 20.7. The van der Waals surface area contributed by atoms with Crippen LogP contribution in [0.2, 0.25) is 0 Å². The Morgan fingerprint density at radius 3 is 1.50 bits per heavy atom.